The Morgan fingerprint density at radius 3 is 2.95 bits per heavy atom. The third-order valence-electron chi connectivity index (χ3n) is 3.88. The third kappa shape index (κ3) is 3.01. The highest BCUT2D eigenvalue weighted by Gasteiger charge is 2.27. The monoisotopic (exact) mass is 287 g/mol. The average Bonchev–Trinajstić information content (AvgIpc) is 3.02. The molecule has 0 bridgehead atoms. The molecule has 7 nitrogen and oxygen atoms in total. The first-order valence-electron chi connectivity index (χ1n) is 7.06. The van der Waals surface area contributed by atoms with Gasteiger partial charge in [-0.15, -0.1) is 5.10 Å². The van der Waals surface area contributed by atoms with E-state index in [9.17, 15) is 4.79 Å². The van der Waals surface area contributed by atoms with E-state index in [0.29, 0.717) is 6.42 Å². The molecule has 1 saturated carbocycles. The molecule has 21 heavy (non-hydrogen) atoms. The number of nitrogens with zero attached hydrogens (tertiary/aromatic N) is 4. The molecule has 1 fully saturated rings. The van der Waals surface area contributed by atoms with Crippen molar-refractivity contribution in [2.75, 3.05) is 5.32 Å². The number of rotatable bonds is 4. The Hall–Kier alpha value is -2.44. The zero-order valence-electron chi connectivity index (χ0n) is 11.5. The molecule has 0 spiro atoms. The van der Waals surface area contributed by atoms with Crippen LogP contribution in [-0.2, 0) is 4.79 Å². The van der Waals surface area contributed by atoms with Crippen LogP contribution in [0.4, 0.5) is 5.69 Å². The van der Waals surface area contributed by atoms with Gasteiger partial charge in [-0.1, -0.05) is 18.6 Å². The van der Waals surface area contributed by atoms with Crippen molar-refractivity contribution < 1.29 is 9.90 Å². The van der Waals surface area contributed by atoms with Crippen LogP contribution in [0.15, 0.2) is 30.6 Å². The Morgan fingerprint density at radius 2 is 2.19 bits per heavy atom. The van der Waals surface area contributed by atoms with Crippen LogP contribution in [0.25, 0.3) is 5.69 Å². The van der Waals surface area contributed by atoms with Gasteiger partial charge < -0.3 is 10.4 Å². The zero-order valence-corrected chi connectivity index (χ0v) is 11.5. The lowest BCUT2D eigenvalue weighted by Crippen LogP contribution is -2.31. The van der Waals surface area contributed by atoms with Gasteiger partial charge in [0.1, 0.15) is 6.33 Å². The fraction of sp³-hybridized carbons (Fsp3) is 0.429. The van der Waals surface area contributed by atoms with Gasteiger partial charge in [-0.05, 0) is 41.8 Å². The number of nitrogens with one attached hydrogen (secondary N) is 1. The smallest absolute Gasteiger partial charge is 0.306 e. The lowest BCUT2D eigenvalue weighted by atomic mass is 9.85. The standard InChI is InChI=1S/C14H17N5O2/c20-14(21)10-4-3-5-11(8-10)16-12-6-1-2-7-13(12)19-9-15-17-18-19/h1-2,6-7,9-11,16H,3-5,8H2,(H,20,21). The Morgan fingerprint density at radius 1 is 1.33 bits per heavy atom. The first-order valence-corrected chi connectivity index (χ1v) is 7.06. The van der Waals surface area contributed by atoms with E-state index in [-0.39, 0.29) is 12.0 Å². The maximum absolute atomic E-state index is 11.1. The molecule has 0 saturated heterocycles. The van der Waals surface area contributed by atoms with Gasteiger partial charge in [0.05, 0.1) is 17.3 Å². The van der Waals surface area contributed by atoms with Gasteiger partial charge in [-0.3, -0.25) is 4.79 Å². The normalized spacial score (nSPS) is 21.9. The van der Waals surface area contributed by atoms with Gasteiger partial charge in [0, 0.05) is 6.04 Å². The van der Waals surface area contributed by atoms with Gasteiger partial charge in [0.15, 0.2) is 0 Å². The van der Waals surface area contributed by atoms with Crippen molar-refractivity contribution in [2.24, 2.45) is 5.92 Å². The first-order chi connectivity index (χ1) is 10.2. The number of aromatic nitrogens is 4. The summed E-state index contributed by atoms with van der Waals surface area (Å²) in [5, 5.41) is 23.8. The molecule has 1 aliphatic carbocycles. The molecule has 0 aliphatic heterocycles. The molecule has 1 heterocycles. The molecule has 110 valence electrons. The minimum Gasteiger partial charge on any atom is -0.481 e. The van der Waals surface area contributed by atoms with Crippen molar-refractivity contribution in [3.05, 3.63) is 30.6 Å². The van der Waals surface area contributed by atoms with Crippen molar-refractivity contribution in [1.82, 2.24) is 20.2 Å². The Labute approximate surface area is 122 Å². The molecule has 2 N–H and O–H groups in total. The second-order valence-corrected chi connectivity index (χ2v) is 5.31. The van der Waals surface area contributed by atoms with E-state index in [0.717, 1.165) is 30.6 Å². The van der Waals surface area contributed by atoms with Crippen LogP contribution in [0.1, 0.15) is 25.7 Å². The maximum atomic E-state index is 11.1. The molecular formula is C14H17N5O2. The van der Waals surface area contributed by atoms with E-state index in [1.54, 1.807) is 11.0 Å². The summed E-state index contributed by atoms with van der Waals surface area (Å²) in [4.78, 5) is 11.1. The topological polar surface area (TPSA) is 92.9 Å². The van der Waals surface area contributed by atoms with E-state index in [2.05, 4.69) is 20.8 Å². The van der Waals surface area contributed by atoms with Gasteiger partial charge >= 0.3 is 5.97 Å². The van der Waals surface area contributed by atoms with Crippen LogP contribution >= 0.6 is 0 Å². The first kappa shape index (κ1) is 13.5. The SMILES string of the molecule is O=C(O)C1CCCC(Nc2ccccc2-n2cnnn2)C1. The summed E-state index contributed by atoms with van der Waals surface area (Å²) in [6.45, 7) is 0. The summed E-state index contributed by atoms with van der Waals surface area (Å²) in [5.41, 5.74) is 1.78. The van der Waals surface area contributed by atoms with Gasteiger partial charge in [0.25, 0.3) is 0 Å². The summed E-state index contributed by atoms with van der Waals surface area (Å²) in [7, 11) is 0. The molecule has 0 radical (unpaired) electrons. The molecule has 7 heteroatoms. The average molecular weight is 287 g/mol. The van der Waals surface area contributed by atoms with Crippen LogP contribution < -0.4 is 5.32 Å². The summed E-state index contributed by atoms with van der Waals surface area (Å²) in [6, 6.07) is 7.91. The molecule has 2 atom stereocenters. The van der Waals surface area contributed by atoms with Gasteiger partial charge in [-0.2, -0.15) is 4.68 Å². The number of aliphatic carboxylic acids is 1. The Bertz CT molecular complexity index is 614. The van der Waals surface area contributed by atoms with E-state index in [4.69, 9.17) is 5.11 Å². The molecule has 2 unspecified atom stereocenters. The van der Waals surface area contributed by atoms with Crippen molar-refractivity contribution in [3.63, 3.8) is 0 Å². The highest BCUT2D eigenvalue weighted by molar-refractivity contribution is 5.70. The quantitative estimate of drug-likeness (QED) is 0.889. The second kappa shape index (κ2) is 5.90. The molecule has 3 rings (SSSR count). The van der Waals surface area contributed by atoms with E-state index in [1.807, 2.05) is 24.3 Å². The highest BCUT2D eigenvalue weighted by atomic mass is 16.4. The van der Waals surface area contributed by atoms with Crippen molar-refractivity contribution >= 4 is 11.7 Å². The number of carbonyl (C=O) groups is 1. The predicted octanol–water partition coefficient (Wildman–Crippen LogP) is 1.72. The lowest BCUT2D eigenvalue weighted by molar-refractivity contribution is -0.142. The second-order valence-electron chi connectivity index (χ2n) is 5.31. The van der Waals surface area contributed by atoms with Crippen LogP contribution in [0.3, 0.4) is 0 Å². The summed E-state index contributed by atoms with van der Waals surface area (Å²) in [5.74, 6) is -0.952. The maximum Gasteiger partial charge on any atom is 0.306 e. The lowest BCUT2D eigenvalue weighted by Gasteiger charge is -2.28. The third-order valence-corrected chi connectivity index (χ3v) is 3.88. The fourth-order valence-electron chi connectivity index (χ4n) is 2.83. The molecule has 1 aromatic carbocycles. The van der Waals surface area contributed by atoms with Gasteiger partial charge in [-0.25, -0.2) is 0 Å². The number of hydrogen-bond acceptors (Lipinski definition) is 5. The van der Waals surface area contributed by atoms with Crippen molar-refractivity contribution in [3.8, 4) is 5.69 Å². The molecular weight excluding hydrogens is 270 g/mol. The van der Waals surface area contributed by atoms with E-state index < -0.39 is 5.97 Å². The number of carboxylic acid groups (broad SMARTS) is 1. The number of para-hydroxylation sites is 2. The largest absolute Gasteiger partial charge is 0.481 e. The predicted molar refractivity (Wildman–Crippen MR) is 76.2 cm³/mol. The molecule has 2 aromatic rings. The van der Waals surface area contributed by atoms with Crippen LogP contribution in [0.2, 0.25) is 0 Å². The minimum absolute atomic E-state index is 0.164. The van der Waals surface area contributed by atoms with Gasteiger partial charge in [0.2, 0.25) is 0 Å². The van der Waals surface area contributed by atoms with Crippen molar-refractivity contribution in [1.29, 1.82) is 0 Å². The van der Waals surface area contributed by atoms with Crippen molar-refractivity contribution in [2.45, 2.75) is 31.7 Å². The molecule has 1 aliphatic rings. The van der Waals surface area contributed by atoms with Crippen LogP contribution in [-0.4, -0.2) is 37.3 Å². The number of hydrogen-bond donors (Lipinski definition) is 2. The van der Waals surface area contributed by atoms with Crippen LogP contribution in [0, 0.1) is 5.92 Å². The highest BCUT2D eigenvalue weighted by Crippen LogP contribution is 2.28. The summed E-state index contributed by atoms with van der Waals surface area (Å²) >= 11 is 0. The number of benzene rings is 1. The van der Waals surface area contributed by atoms with Crippen LogP contribution in [0.5, 0.6) is 0 Å². The number of carboxylic acids is 1. The summed E-state index contributed by atoms with van der Waals surface area (Å²) in [6.07, 6.45) is 4.87. The summed E-state index contributed by atoms with van der Waals surface area (Å²) < 4.78 is 1.60. The minimum atomic E-state index is -0.699. The molecule has 0 amide bonds. The fourth-order valence-corrected chi connectivity index (χ4v) is 2.83. The van der Waals surface area contributed by atoms with E-state index >= 15 is 0 Å². The van der Waals surface area contributed by atoms with E-state index in [1.165, 1.54) is 0 Å². The molecule has 1 aromatic heterocycles. The Balaban J connectivity index is 1.77. The Kier molecular flexibility index (Phi) is 3.81. The zero-order chi connectivity index (χ0) is 14.7. The number of anilines is 1. The number of tetrazole rings is 1.